The van der Waals surface area contributed by atoms with Crippen LogP contribution >= 0.6 is 0 Å². The molecule has 2 heterocycles. The van der Waals surface area contributed by atoms with Gasteiger partial charge in [-0.05, 0) is 64.4 Å². The molecule has 0 unspecified atom stereocenters. The van der Waals surface area contributed by atoms with Crippen LogP contribution in [0.3, 0.4) is 0 Å². The van der Waals surface area contributed by atoms with Crippen molar-refractivity contribution in [1.29, 1.82) is 0 Å². The van der Waals surface area contributed by atoms with Gasteiger partial charge in [0.05, 0.1) is 0 Å². The fraction of sp³-hybridized carbons (Fsp3) is 0.0465. The summed E-state index contributed by atoms with van der Waals surface area (Å²) in [6, 6.07) is 48.2. The molecule has 0 atom stereocenters. The first-order valence-electron chi connectivity index (χ1n) is 16.0. The zero-order valence-electron chi connectivity index (χ0n) is 25.6. The molecule has 0 bridgehead atoms. The third-order valence-corrected chi connectivity index (χ3v) is 9.04. The molecule has 0 aliphatic heterocycles. The maximum Gasteiger partial charge on any atom is 0.165 e. The van der Waals surface area contributed by atoms with Crippen LogP contribution in [0.5, 0.6) is 0 Å². The first-order valence-corrected chi connectivity index (χ1v) is 16.0. The van der Waals surface area contributed by atoms with Crippen molar-refractivity contribution in [2.45, 2.75) is 12.8 Å². The lowest BCUT2D eigenvalue weighted by atomic mass is 9.92. The quantitative estimate of drug-likeness (QED) is 0.196. The number of rotatable bonds is 5. The molecule has 47 heavy (non-hydrogen) atoms. The van der Waals surface area contributed by atoms with E-state index in [0.29, 0.717) is 17.5 Å². The number of para-hydroxylation sites is 1. The van der Waals surface area contributed by atoms with Crippen LogP contribution in [-0.4, -0.2) is 15.0 Å². The minimum Gasteiger partial charge on any atom is -0.456 e. The van der Waals surface area contributed by atoms with Gasteiger partial charge in [0.2, 0.25) is 0 Å². The van der Waals surface area contributed by atoms with E-state index < -0.39 is 0 Å². The van der Waals surface area contributed by atoms with E-state index in [1.165, 1.54) is 22.3 Å². The van der Waals surface area contributed by atoms with E-state index in [2.05, 4.69) is 115 Å². The third kappa shape index (κ3) is 4.82. The van der Waals surface area contributed by atoms with E-state index in [0.717, 1.165) is 62.6 Å². The molecule has 0 N–H and O–H groups in total. The largest absolute Gasteiger partial charge is 0.456 e. The maximum absolute atomic E-state index is 6.41. The molecule has 0 amide bonds. The Morgan fingerprint density at radius 1 is 0.468 bits per heavy atom. The number of aromatic nitrogens is 3. The van der Waals surface area contributed by atoms with Gasteiger partial charge in [-0.1, -0.05) is 133 Å². The highest BCUT2D eigenvalue weighted by atomic mass is 16.3. The minimum absolute atomic E-state index is 0.616. The Bertz CT molecular complexity index is 2440. The second kappa shape index (κ2) is 11.3. The molecule has 2 aromatic heterocycles. The lowest BCUT2D eigenvalue weighted by molar-refractivity contribution is 0.669. The molecule has 4 heteroatoms. The van der Waals surface area contributed by atoms with Gasteiger partial charge >= 0.3 is 0 Å². The standard InChI is InChI=1S/C43H29N3O/c1-3-12-28(13-4-1)29-22-24-31(25-23-29)34-26-27-38-39(36-19-9-10-21-37(36)47-38)40(34)43-45-41(32-15-5-2-6-16-32)44-42(46-43)35-20-11-17-30-14-7-8-18-33(30)35/h1-6,8-13,15-27H,7,14H2. The van der Waals surface area contributed by atoms with Crippen molar-refractivity contribution >= 4 is 28.0 Å². The van der Waals surface area contributed by atoms with E-state index in [-0.39, 0.29) is 0 Å². The monoisotopic (exact) mass is 603 g/mol. The summed E-state index contributed by atoms with van der Waals surface area (Å²) < 4.78 is 6.41. The topological polar surface area (TPSA) is 51.8 Å². The van der Waals surface area contributed by atoms with Gasteiger partial charge in [-0.15, -0.1) is 0 Å². The zero-order valence-corrected chi connectivity index (χ0v) is 25.6. The number of aryl methyl sites for hydroxylation is 1. The first-order chi connectivity index (χ1) is 23.3. The van der Waals surface area contributed by atoms with Crippen LogP contribution in [0.1, 0.15) is 17.5 Å². The minimum atomic E-state index is 0.616. The Balaban J connectivity index is 1.33. The highest BCUT2D eigenvalue weighted by Gasteiger charge is 2.23. The van der Waals surface area contributed by atoms with Crippen LogP contribution in [0.4, 0.5) is 0 Å². The molecule has 1 aliphatic rings. The van der Waals surface area contributed by atoms with E-state index >= 15 is 0 Å². The molecule has 0 spiro atoms. The fourth-order valence-corrected chi connectivity index (χ4v) is 6.75. The average Bonchev–Trinajstić information content (AvgIpc) is 3.54. The van der Waals surface area contributed by atoms with Crippen LogP contribution in [0.25, 0.3) is 84.4 Å². The Hall–Kier alpha value is -6.13. The lowest BCUT2D eigenvalue weighted by Gasteiger charge is -2.16. The van der Waals surface area contributed by atoms with E-state index in [9.17, 15) is 0 Å². The second-order valence-electron chi connectivity index (χ2n) is 11.9. The number of fused-ring (bicyclic) bond motifs is 4. The Morgan fingerprint density at radius 2 is 1.15 bits per heavy atom. The van der Waals surface area contributed by atoms with Crippen LogP contribution in [-0.2, 0) is 6.42 Å². The van der Waals surface area contributed by atoms with Crippen LogP contribution < -0.4 is 0 Å². The van der Waals surface area contributed by atoms with Crippen molar-refractivity contribution in [3.63, 3.8) is 0 Å². The number of furan rings is 1. The molecule has 0 fully saturated rings. The first kappa shape index (κ1) is 27.2. The molecule has 9 rings (SSSR count). The van der Waals surface area contributed by atoms with Gasteiger partial charge in [0.15, 0.2) is 17.5 Å². The molecule has 0 saturated heterocycles. The van der Waals surface area contributed by atoms with Crippen LogP contribution in [0, 0.1) is 0 Å². The van der Waals surface area contributed by atoms with Crippen molar-refractivity contribution in [2.75, 3.05) is 0 Å². The van der Waals surface area contributed by atoms with E-state index in [1.807, 2.05) is 36.4 Å². The van der Waals surface area contributed by atoms with E-state index in [1.54, 1.807) is 0 Å². The van der Waals surface area contributed by atoms with Gasteiger partial charge in [-0.25, -0.2) is 15.0 Å². The van der Waals surface area contributed by atoms with Gasteiger partial charge in [0.25, 0.3) is 0 Å². The smallest absolute Gasteiger partial charge is 0.165 e. The summed E-state index contributed by atoms with van der Waals surface area (Å²) in [5, 5.41) is 2.03. The second-order valence-corrected chi connectivity index (χ2v) is 11.9. The third-order valence-electron chi connectivity index (χ3n) is 9.04. The summed E-state index contributed by atoms with van der Waals surface area (Å²) in [6.45, 7) is 0. The molecule has 0 radical (unpaired) electrons. The highest BCUT2D eigenvalue weighted by Crippen LogP contribution is 2.43. The van der Waals surface area contributed by atoms with Gasteiger partial charge in [-0.2, -0.15) is 0 Å². The molecule has 8 aromatic rings. The highest BCUT2D eigenvalue weighted by molar-refractivity contribution is 6.15. The predicted molar refractivity (Wildman–Crippen MR) is 192 cm³/mol. The van der Waals surface area contributed by atoms with Crippen molar-refractivity contribution in [1.82, 2.24) is 15.0 Å². The van der Waals surface area contributed by atoms with Crippen molar-refractivity contribution < 1.29 is 4.42 Å². The van der Waals surface area contributed by atoms with Gasteiger partial charge in [0, 0.05) is 27.5 Å². The number of benzene rings is 6. The van der Waals surface area contributed by atoms with E-state index in [4.69, 9.17) is 19.4 Å². The molecular weight excluding hydrogens is 574 g/mol. The summed E-state index contributed by atoms with van der Waals surface area (Å²) in [4.78, 5) is 15.6. The molecule has 1 aliphatic carbocycles. The predicted octanol–water partition coefficient (Wildman–Crippen LogP) is 11.1. The summed E-state index contributed by atoms with van der Waals surface area (Å²) >= 11 is 0. The van der Waals surface area contributed by atoms with Crippen molar-refractivity contribution in [3.8, 4) is 56.4 Å². The van der Waals surface area contributed by atoms with Crippen LogP contribution in [0.15, 0.2) is 150 Å². The van der Waals surface area contributed by atoms with Gasteiger partial charge in [-0.3, -0.25) is 0 Å². The van der Waals surface area contributed by atoms with Gasteiger partial charge in [0.1, 0.15) is 11.2 Å². The maximum atomic E-state index is 6.41. The zero-order chi connectivity index (χ0) is 31.2. The Labute approximate surface area is 272 Å². The number of allylic oxidation sites excluding steroid dienone is 1. The summed E-state index contributed by atoms with van der Waals surface area (Å²) in [5.74, 6) is 1.91. The summed E-state index contributed by atoms with van der Waals surface area (Å²) in [6.07, 6.45) is 6.49. The molecule has 0 saturated carbocycles. The number of nitrogens with zero attached hydrogens (tertiary/aromatic N) is 3. The number of hydrogen-bond donors (Lipinski definition) is 0. The summed E-state index contributed by atoms with van der Waals surface area (Å²) in [5.41, 5.74) is 11.5. The molecule has 6 aromatic carbocycles. The lowest BCUT2D eigenvalue weighted by Crippen LogP contribution is -2.04. The average molecular weight is 604 g/mol. The molecule has 4 nitrogen and oxygen atoms in total. The molecule has 222 valence electrons. The SMILES string of the molecule is C1=Cc2c(cccc2-c2nc(-c3ccccc3)nc(-c3c(-c4ccc(-c5ccccc5)cc4)ccc4oc5ccccc5c34)n2)CC1. The van der Waals surface area contributed by atoms with Crippen molar-refractivity contribution in [2.24, 2.45) is 0 Å². The Morgan fingerprint density at radius 3 is 1.98 bits per heavy atom. The van der Waals surface area contributed by atoms with Gasteiger partial charge < -0.3 is 4.42 Å². The van der Waals surface area contributed by atoms with Crippen LogP contribution in [0.2, 0.25) is 0 Å². The Kier molecular flexibility index (Phi) is 6.57. The number of hydrogen-bond acceptors (Lipinski definition) is 4. The summed E-state index contributed by atoms with van der Waals surface area (Å²) in [7, 11) is 0. The molecular formula is C43H29N3O. The van der Waals surface area contributed by atoms with Crippen molar-refractivity contribution in [3.05, 3.63) is 157 Å². The fourth-order valence-electron chi connectivity index (χ4n) is 6.75. The normalized spacial score (nSPS) is 12.4.